The van der Waals surface area contributed by atoms with Crippen molar-refractivity contribution < 1.29 is 0 Å². The maximum atomic E-state index is 4.25. The molecule has 13 heavy (non-hydrogen) atoms. The number of hydrogen-bond acceptors (Lipinski definition) is 1. The first-order valence-electron chi connectivity index (χ1n) is 4.06. The molecule has 2 heteroatoms. The van der Waals surface area contributed by atoms with Gasteiger partial charge in [0.2, 0.25) is 0 Å². The Bertz CT molecular complexity index is 466. The summed E-state index contributed by atoms with van der Waals surface area (Å²) in [4.78, 5) is 7.28. The van der Waals surface area contributed by atoms with E-state index in [2.05, 4.69) is 23.1 Å². The highest BCUT2D eigenvalue weighted by Gasteiger charge is 1.98. The van der Waals surface area contributed by atoms with Crippen LogP contribution in [0.2, 0.25) is 0 Å². The van der Waals surface area contributed by atoms with Gasteiger partial charge in [-0.2, -0.15) is 0 Å². The monoisotopic (exact) mass is 170 g/mol. The Labute approximate surface area is 76.6 Å². The van der Waals surface area contributed by atoms with Gasteiger partial charge in [-0.25, -0.2) is 4.98 Å². The lowest BCUT2D eigenvalue weighted by Gasteiger charge is -1.98. The van der Waals surface area contributed by atoms with Gasteiger partial charge in [0.25, 0.3) is 0 Å². The summed E-state index contributed by atoms with van der Waals surface area (Å²) in [5.74, 6) is 0. The summed E-state index contributed by atoms with van der Waals surface area (Å²) >= 11 is 0. The first-order valence-corrected chi connectivity index (χ1v) is 4.06. The van der Waals surface area contributed by atoms with E-state index in [-0.39, 0.29) is 0 Å². The fourth-order valence-electron chi connectivity index (χ4n) is 1.23. The summed E-state index contributed by atoms with van der Waals surface area (Å²) in [5.41, 5.74) is 2.82. The van der Waals surface area contributed by atoms with Crippen LogP contribution in [-0.4, -0.2) is 9.97 Å². The molecule has 0 atom stereocenters. The highest BCUT2D eigenvalue weighted by molar-refractivity contribution is 5.81. The molecule has 0 radical (unpaired) electrons. The summed E-state index contributed by atoms with van der Waals surface area (Å²) in [6.45, 7) is 7.54. The summed E-state index contributed by atoms with van der Waals surface area (Å²) in [6.07, 6.45) is 5.40. The van der Waals surface area contributed by atoms with E-state index in [4.69, 9.17) is 0 Å². The topological polar surface area (TPSA) is 28.7 Å². The molecular formula is C11H10N2. The zero-order valence-electron chi connectivity index (χ0n) is 7.25. The second-order valence-corrected chi connectivity index (χ2v) is 2.87. The van der Waals surface area contributed by atoms with Gasteiger partial charge < -0.3 is 4.98 Å². The van der Waals surface area contributed by atoms with Crippen LogP contribution in [0.3, 0.4) is 0 Å². The maximum Gasteiger partial charge on any atom is 0.137 e. The molecule has 0 aliphatic heterocycles. The molecule has 0 saturated carbocycles. The molecule has 1 N–H and O–H groups in total. The van der Waals surface area contributed by atoms with E-state index in [0.29, 0.717) is 0 Å². The van der Waals surface area contributed by atoms with E-state index >= 15 is 0 Å². The summed E-state index contributed by atoms with van der Waals surface area (Å²) < 4.78 is 0. The predicted octanol–water partition coefficient (Wildman–Crippen LogP) is 2.76. The zero-order valence-corrected chi connectivity index (χ0v) is 7.25. The normalized spacial score (nSPS) is 10.2. The molecule has 2 aromatic heterocycles. The number of aromatic nitrogens is 2. The molecule has 2 heterocycles. The van der Waals surface area contributed by atoms with Crippen molar-refractivity contribution in [2.24, 2.45) is 0 Å². The number of nitrogens with one attached hydrogen (secondary N) is 1. The fourth-order valence-corrected chi connectivity index (χ4v) is 1.23. The van der Waals surface area contributed by atoms with E-state index in [1.165, 1.54) is 0 Å². The van der Waals surface area contributed by atoms with Gasteiger partial charge in [-0.15, -0.1) is 0 Å². The third-order valence-corrected chi connectivity index (χ3v) is 2.02. The van der Waals surface area contributed by atoms with Crippen molar-refractivity contribution in [1.29, 1.82) is 0 Å². The minimum Gasteiger partial charge on any atom is -0.346 e. The van der Waals surface area contributed by atoms with Gasteiger partial charge in [0, 0.05) is 23.3 Å². The van der Waals surface area contributed by atoms with Gasteiger partial charge in [0.15, 0.2) is 0 Å². The lowest BCUT2D eigenvalue weighted by atomic mass is 10.1. The van der Waals surface area contributed by atoms with E-state index in [9.17, 15) is 0 Å². The summed E-state index contributed by atoms with van der Waals surface area (Å²) in [6, 6.07) is 4.03. The molecule has 0 saturated heterocycles. The van der Waals surface area contributed by atoms with Gasteiger partial charge in [0.05, 0.1) is 0 Å². The van der Waals surface area contributed by atoms with Crippen molar-refractivity contribution in [3.05, 3.63) is 49.3 Å². The molecule has 0 unspecified atom stereocenters. The molecule has 0 aromatic carbocycles. The van der Waals surface area contributed by atoms with Crippen molar-refractivity contribution >= 4 is 16.6 Å². The van der Waals surface area contributed by atoms with Crippen molar-refractivity contribution in [2.75, 3.05) is 0 Å². The van der Waals surface area contributed by atoms with Crippen LogP contribution >= 0.6 is 0 Å². The number of aromatic amines is 1. The Hall–Kier alpha value is -1.83. The molecular weight excluding hydrogens is 160 g/mol. The van der Waals surface area contributed by atoms with Crippen molar-refractivity contribution in [3.8, 4) is 0 Å². The van der Waals surface area contributed by atoms with Gasteiger partial charge in [0.1, 0.15) is 5.65 Å². The van der Waals surface area contributed by atoms with E-state index in [0.717, 1.165) is 22.2 Å². The smallest absolute Gasteiger partial charge is 0.137 e. The Balaban J connectivity index is 2.60. The third kappa shape index (κ3) is 1.26. The molecule has 64 valence electrons. The van der Waals surface area contributed by atoms with Crippen LogP contribution in [0.1, 0.15) is 5.56 Å². The average Bonchev–Trinajstić information content (AvgIpc) is 2.63. The van der Waals surface area contributed by atoms with Gasteiger partial charge >= 0.3 is 0 Å². The van der Waals surface area contributed by atoms with Crippen LogP contribution in [0.25, 0.3) is 16.6 Å². The number of H-pyrrole nitrogens is 1. The van der Waals surface area contributed by atoms with Gasteiger partial charge in [-0.3, -0.25) is 0 Å². The van der Waals surface area contributed by atoms with Crippen molar-refractivity contribution in [2.45, 2.75) is 0 Å². The SMILES string of the molecule is C=CC(=C)c1cnc2[nH]ccc2c1. The standard InChI is InChI=1S/C11H10N2/c1-3-8(2)10-6-9-4-5-12-11(9)13-7-10/h3-7H,1-2H2,(H,12,13). The van der Waals surface area contributed by atoms with Crippen LogP contribution in [0.4, 0.5) is 0 Å². The van der Waals surface area contributed by atoms with E-state index in [1.807, 2.05) is 18.3 Å². The predicted molar refractivity (Wildman–Crippen MR) is 55.3 cm³/mol. The number of nitrogens with zero attached hydrogens (tertiary/aromatic N) is 1. The van der Waals surface area contributed by atoms with Gasteiger partial charge in [-0.1, -0.05) is 19.2 Å². The Morgan fingerprint density at radius 3 is 3.15 bits per heavy atom. The largest absolute Gasteiger partial charge is 0.346 e. The molecule has 0 spiro atoms. The third-order valence-electron chi connectivity index (χ3n) is 2.02. The summed E-state index contributed by atoms with van der Waals surface area (Å²) in [7, 11) is 0. The number of pyridine rings is 1. The van der Waals surface area contributed by atoms with Crippen molar-refractivity contribution in [3.63, 3.8) is 0 Å². The molecule has 0 aliphatic carbocycles. The van der Waals surface area contributed by atoms with Crippen LogP contribution < -0.4 is 0 Å². The van der Waals surface area contributed by atoms with Crippen LogP contribution in [0.5, 0.6) is 0 Å². The fraction of sp³-hybridized carbons (Fsp3) is 0. The van der Waals surface area contributed by atoms with Gasteiger partial charge in [-0.05, 0) is 17.7 Å². The van der Waals surface area contributed by atoms with E-state index < -0.39 is 0 Å². The van der Waals surface area contributed by atoms with Crippen LogP contribution in [-0.2, 0) is 0 Å². The van der Waals surface area contributed by atoms with Crippen molar-refractivity contribution in [1.82, 2.24) is 9.97 Å². The van der Waals surface area contributed by atoms with E-state index in [1.54, 1.807) is 12.3 Å². The second kappa shape index (κ2) is 2.90. The Morgan fingerprint density at radius 2 is 2.38 bits per heavy atom. The second-order valence-electron chi connectivity index (χ2n) is 2.87. The average molecular weight is 170 g/mol. The minimum atomic E-state index is 0.899. The molecule has 2 nitrogen and oxygen atoms in total. The molecule has 0 fully saturated rings. The lowest BCUT2D eigenvalue weighted by molar-refractivity contribution is 1.32. The number of fused-ring (bicyclic) bond motifs is 1. The highest BCUT2D eigenvalue weighted by Crippen LogP contribution is 2.17. The lowest BCUT2D eigenvalue weighted by Crippen LogP contribution is -1.82. The number of hydrogen-bond donors (Lipinski definition) is 1. The number of rotatable bonds is 2. The van der Waals surface area contributed by atoms with Crippen LogP contribution in [0.15, 0.2) is 43.8 Å². The first kappa shape index (κ1) is 7.80. The quantitative estimate of drug-likeness (QED) is 0.690. The molecule has 2 aromatic rings. The minimum absolute atomic E-state index is 0.899. The number of allylic oxidation sites excluding steroid dienone is 2. The summed E-state index contributed by atoms with van der Waals surface area (Å²) in [5, 5.41) is 1.10. The Kier molecular flexibility index (Phi) is 1.74. The first-order chi connectivity index (χ1) is 6.31. The molecule has 0 amide bonds. The molecule has 0 bridgehead atoms. The molecule has 0 aliphatic rings. The zero-order chi connectivity index (χ0) is 9.26. The highest BCUT2D eigenvalue weighted by atomic mass is 14.8. The van der Waals surface area contributed by atoms with Crippen LogP contribution in [0, 0.1) is 0 Å². The molecule has 2 rings (SSSR count). The Morgan fingerprint density at radius 1 is 1.54 bits per heavy atom. The maximum absolute atomic E-state index is 4.25.